The van der Waals surface area contributed by atoms with Crippen LogP contribution in [-0.2, 0) is 14.9 Å². The van der Waals surface area contributed by atoms with Crippen molar-refractivity contribution in [3.05, 3.63) is 27.7 Å². The maximum atomic E-state index is 12.2. The molecule has 1 fully saturated rings. The van der Waals surface area contributed by atoms with Crippen molar-refractivity contribution in [2.45, 2.75) is 43.6 Å². The number of aromatic carboxylic acids is 1. The quantitative estimate of drug-likeness (QED) is 0.769. The van der Waals surface area contributed by atoms with Gasteiger partial charge in [0.05, 0.1) is 16.6 Å². The summed E-state index contributed by atoms with van der Waals surface area (Å²) in [5, 5.41) is 9.12. The Bertz CT molecular complexity index is 653. The molecule has 2 N–H and O–H groups in total. The van der Waals surface area contributed by atoms with Crippen molar-refractivity contribution >= 4 is 31.9 Å². The molecule has 0 heterocycles. The molecule has 0 spiro atoms. The summed E-state index contributed by atoms with van der Waals surface area (Å²) in [5.74, 6) is -1.18. The first-order valence-corrected chi connectivity index (χ1v) is 8.80. The third-order valence-electron chi connectivity index (χ3n) is 3.49. The maximum Gasteiger partial charge on any atom is 0.336 e. The minimum Gasteiger partial charge on any atom is -0.478 e. The third-order valence-corrected chi connectivity index (χ3v) is 5.48. The highest BCUT2D eigenvalue weighted by Crippen LogP contribution is 2.26. The molecule has 0 amide bonds. The van der Waals surface area contributed by atoms with Gasteiger partial charge in [0.1, 0.15) is 0 Å². The van der Waals surface area contributed by atoms with Crippen molar-refractivity contribution in [2.75, 3.05) is 0 Å². The Labute approximate surface area is 131 Å². The van der Waals surface area contributed by atoms with Crippen molar-refractivity contribution in [1.82, 2.24) is 4.89 Å². The van der Waals surface area contributed by atoms with Crippen LogP contribution in [0.4, 0.5) is 0 Å². The summed E-state index contributed by atoms with van der Waals surface area (Å²) in [6.07, 6.45) is 3.56. The van der Waals surface area contributed by atoms with Crippen molar-refractivity contribution in [3.63, 3.8) is 0 Å². The van der Waals surface area contributed by atoms with Crippen LogP contribution in [0.1, 0.15) is 41.6 Å². The summed E-state index contributed by atoms with van der Waals surface area (Å²) >= 11 is 3.18. The van der Waals surface area contributed by atoms with Crippen LogP contribution in [0.15, 0.2) is 21.5 Å². The fraction of sp³-hybridized carbons (Fsp3) is 0.462. The van der Waals surface area contributed by atoms with E-state index < -0.39 is 16.0 Å². The van der Waals surface area contributed by atoms with Crippen molar-refractivity contribution in [1.29, 1.82) is 0 Å². The molecule has 2 rings (SSSR count). The van der Waals surface area contributed by atoms with E-state index >= 15 is 0 Å². The van der Waals surface area contributed by atoms with Gasteiger partial charge in [0.2, 0.25) is 0 Å². The second-order valence-electron chi connectivity index (χ2n) is 4.99. The number of hydrogen-bond donors (Lipinski definition) is 2. The summed E-state index contributed by atoms with van der Waals surface area (Å²) in [4.78, 5) is 18.3. The number of carbonyl (C=O) groups is 1. The standard InChI is InChI=1S/C13H16BrNO5S/c1-8-11(13(16)17)6-10(7-12(8)14)21(18,19)15-20-9-4-2-3-5-9/h6-7,9,15H,2-5H2,1H3,(H,16,17). The van der Waals surface area contributed by atoms with E-state index in [0.29, 0.717) is 10.0 Å². The lowest BCUT2D eigenvalue weighted by Crippen LogP contribution is -2.28. The van der Waals surface area contributed by atoms with Crippen LogP contribution in [0.25, 0.3) is 0 Å². The molecule has 1 aromatic rings. The first-order chi connectivity index (χ1) is 9.81. The van der Waals surface area contributed by atoms with E-state index in [4.69, 9.17) is 9.94 Å². The predicted molar refractivity (Wildman–Crippen MR) is 79.5 cm³/mol. The molecule has 0 aliphatic heterocycles. The van der Waals surface area contributed by atoms with Crippen LogP contribution in [0, 0.1) is 6.92 Å². The highest BCUT2D eigenvalue weighted by Gasteiger charge is 2.23. The smallest absolute Gasteiger partial charge is 0.336 e. The molecule has 0 bridgehead atoms. The molecule has 1 saturated carbocycles. The normalized spacial score (nSPS) is 16.3. The van der Waals surface area contributed by atoms with Gasteiger partial charge in [0.25, 0.3) is 10.0 Å². The van der Waals surface area contributed by atoms with E-state index in [-0.39, 0.29) is 16.6 Å². The molecule has 8 heteroatoms. The Morgan fingerprint density at radius 3 is 2.57 bits per heavy atom. The number of benzene rings is 1. The van der Waals surface area contributed by atoms with E-state index in [0.717, 1.165) is 31.7 Å². The SMILES string of the molecule is Cc1c(Br)cc(S(=O)(=O)NOC2CCCC2)cc1C(=O)O. The maximum absolute atomic E-state index is 12.2. The molecular formula is C13H16BrNO5S. The molecule has 0 unspecified atom stereocenters. The zero-order valence-electron chi connectivity index (χ0n) is 11.4. The lowest BCUT2D eigenvalue weighted by atomic mass is 10.1. The van der Waals surface area contributed by atoms with Crippen molar-refractivity contribution < 1.29 is 23.2 Å². The molecule has 1 aromatic carbocycles. The van der Waals surface area contributed by atoms with Gasteiger partial charge in [-0.2, -0.15) is 0 Å². The summed E-state index contributed by atoms with van der Waals surface area (Å²) in [5.41, 5.74) is 0.406. The van der Waals surface area contributed by atoms with Crippen LogP contribution < -0.4 is 4.89 Å². The van der Waals surface area contributed by atoms with E-state index in [9.17, 15) is 13.2 Å². The van der Waals surface area contributed by atoms with E-state index in [2.05, 4.69) is 20.8 Å². The number of nitrogens with one attached hydrogen (secondary N) is 1. The first-order valence-electron chi connectivity index (χ1n) is 6.52. The number of hydrogen-bond acceptors (Lipinski definition) is 4. The molecule has 21 heavy (non-hydrogen) atoms. The molecular weight excluding hydrogens is 362 g/mol. The van der Waals surface area contributed by atoms with Crippen molar-refractivity contribution in [2.24, 2.45) is 0 Å². The average molecular weight is 378 g/mol. The molecule has 0 atom stereocenters. The fourth-order valence-corrected chi connectivity index (χ4v) is 3.73. The van der Waals surface area contributed by atoms with E-state index in [1.807, 2.05) is 0 Å². The van der Waals surface area contributed by atoms with Gasteiger partial charge in [-0.15, -0.1) is 0 Å². The zero-order chi connectivity index (χ0) is 15.6. The fourth-order valence-electron chi connectivity index (χ4n) is 2.22. The lowest BCUT2D eigenvalue weighted by molar-refractivity contribution is 0.0223. The third kappa shape index (κ3) is 3.82. The lowest BCUT2D eigenvalue weighted by Gasteiger charge is -2.13. The molecule has 1 aliphatic rings. The van der Waals surface area contributed by atoms with Crippen LogP contribution in [0.5, 0.6) is 0 Å². The monoisotopic (exact) mass is 377 g/mol. The van der Waals surface area contributed by atoms with Crippen LogP contribution in [0.2, 0.25) is 0 Å². The van der Waals surface area contributed by atoms with Crippen LogP contribution in [0.3, 0.4) is 0 Å². The van der Waals surface area contributed by atoms with Gasteiger partial charge in [0.15, 0.2) is 0 Å². The van der Waals surface area contributed by atoms with Gasteiger partial charge in [-0.1, -0.05) is 33.7 Å². The van der Waals surface area contributed by atoms with E-state index in [1.165, 1.54) is 6.07 Å². The summed E-state index contributed by atoms with van der Waals surface area (Å²) in [7, 11) is -3.91. The molecule has 116 valence electrons. The topological polar surface area (TPSA) is 92.7 Å². The highest BCUT2D eigenvalue weighted by atomic mass is 79.9. The van der Waals surface area contributed by atoms with Crippen molar-refractivity contribution in [3.8, 4) is 0 Å². The Morgan fingerprint density at radius 1 is 1.38 bits per heavy atom. The van der Waals surface area contributed by atoms with Gasteiger partial charge in [-0.05, 0) is 37.5 Å². The highest BCUT2D eigenvalue weighted by molar-refractivity contribution is 9.10. The molecule has 0 aromatic heterocycles. The van der Waals surface area contributed by atoms with Gasteiger partial charge in [0, 0.05) is 4.47 Å². The molecule has 6 nitrogen and oxygen atoms in total. The number of sulfonamides is 1. The van der Waals surface area contributed by atoms with Gasteiger partial charge in [-0.3, -0.25) is 4.84 Å². The first kappa shape index (κ1) is 16.4. The minimum atomic E-state index is -3.91. The number of carboxylic acid groups (broad SMARTS) is 1. The number of rotatable bonds is 5. The summed E-state index contributed by atoms with van der Waals surface area (Å²) in [6.45, 7) is 1.60. The summed E-state index contributed by atoms with van der Waals surface area (Å²) < 4.78 is 24.8. The second kappa shape index (κ2) is 6.43. The Balaban J connectivity index is 2.24. The van der Waals surface area contributed by atoms with E-state index in [1.54, 1.807) is 6.92 Å². The van der Waals surface area contributed by atoms with Gasteiger partial charge in [-0.25, -0.2) is 13.2 Å². The molecule has 0 radical (unpaired) electrons. The average Bonchev–Trinajstić information content (AvgIpc) is 2.92. The predicted octanol–water partition coefficient (Wildman–Crippen LogP) is 2.61. The van der Waals surface area contributed by atoms with Crippen LogP contribution in [-0.4, -0.2) is 25.6 Å². The Kier molecular flexibility index (Phi) is 5.03. The van der Waals surface area contributed by atoms with Gasteiger partial charge < -0.3 is 5.11 Å². The Morgan fingerprint density at radius 2 is 2.00 bits per heavy atom. The largest absolute Gasteiger partial charge is 0.478 e. The number of carboxylic acids is 1. The van der Waals surface area contributed by atoms with Crippen LogP contribution >= 0.6 is 15.9 Å². The second-order valence-corrected chi connectivity index (χ2v) is 7.49. The van der Waals surface area contributed by atoms with Gasteiger partial charge >= 0.3 is 5.97 Å². The zero-order valence-corrected chi connectivity index (χ0v) is 13.8. The Hall–Kier alpha value is -0.960. The summed E-state index contributed by atoms with van der Waals surface area (Å²) in [6, 6.07) is 2.49. The molecule has 0 saturated heterocycles. The number of halogens is 1. The molecule has 1 aliphatic carbocycles. The minimum absolute atomic E-state index is 0.0642.